The van der Waals surface area contributed by atoms with E-state index in [-0.39, 0.29) is 18.7 Å². The third-order valence-corrected chi connectivity index (χ3v) is 5.33. The summed E-state index contributed by atoms with van der Waals surface area (Å²) in [4.78, 5) is 15.7. The molecule has 0 aliphatic heterocycles. The summed E-state index contributed by atoms with van der Waals surface area (Å²) in [7, 11) is 0. The van der Waals surface area contributed by atoms with Gasteiger partial charge in [0, 0.05) is 22.7 Å². The Bertz CT molecular complexity index is 668. The largest absolute Gasteiger partial charge is 0.394 e. The number of urea groups is 1. The van der Waals surface area contributed by atoms with Gasteiger partial charge in [-0.2, -0.15) is 5.10 Å². The molecular formula is C17H24N4O2S. The van der Waals surface area contributed by atoms with Crippen molar-refractivity contribution in [1.29, 1.82) is 0 Å². The lowest BCUT2D eigenvalue weighted by Crippen LogP contribution is -2.41. The molecule has 0 aromatic carbocycles. The quantitative estimate of drug-likeness (QED) is 0.843. The van der Waals surface area contributed by atoms with Gasteiger partial charge in [-0.1, -0.05) is 6.07 Å². The van der Waals surface area contributed by atoms with Crippen LogP contribution in [0.2, 0.25) is 0 Å². The first-order valence-corrected chi connectivity index (χ1v) is 9.34. The lowest BCUT2D eigenvalue weighted by Gasteiger charge is -2.28. The molecule has 130 valence electrons. The zero-order valence-corrected chi connectivity index (χ0v) is 14.8. The SMILES string of the molecule is CCN(Cc1cccs1)C(=O)NC1CCCc2c1cnn2CCO. The summed E-state index contributed by atoms with van der Waals surface area (Å²) in [5, 5.41) is 18.7. The Morgan fingerprint density at radius 2 is 2.46 bits per heavy atom. The first kappa shape index (κ1) is 17.0. The Morgan fingerprint density at radius 3 is 3.17 bits per heavy atom. The number of rotatable bonds is 6. The van der Waals surface area contributed by atoms with Gasteiger partial charge in [0.2, 0.25) is 0 Å². The molecule has 0 spiro atoms. The number of aromatic nitrogens is 2. The van der Waals surface area contributed by atoms with Crippen LogP contribution in [0.1, 0.15) is 41.9 Å². The maximum atomic E-state index is 12.7. The van der Waals surface area contributed by atoms with Gasteiger partial charge < -0.3 is 15.3 Å². The standard InChI is InChI=1S/C17H24N4O2S/c1-2-20(12-13-5-4-10-24-13)17(23)19-15-6-3-7-16-14(15)11-18-21(16)8-9-22/h4-5,10-11,15,22H,2-3,6-9,12H2,1H3,(H,19,23). The van der Waals surface area contributed by atoms with Crippen molar-refractivity contribution >= 4 is 17.4 Å². The van der Waals surface area contributed by atoms with Gasteiger partial charge in [0.15, 0.2) is 0 Å². The van der Waals surface area contributed by atoms with Crippen LogP contribution in [0.25, 0.3) is 0 Å². The van der Waals surface area contributed by atoms with Crippen LogP contribution in [0, 0.1) is 0 Å². The van der Waals surface area contributed by atoms with Gasteiger partial charge in [0.25, 0.3) is 0 Å². The highest BCUT2D eigenvalue weighted by Gasteiger charge is 2.26. The van der Waals surface area contributed by atoms with E-state index in [0.29, 0.717) is 19.6 Å². The summed E-state index contributed by atoms with van der Waals surface area (Å²) >= 11 is 1.67. The van der Waals surface area contributed by atoms with Crippen molar-refractivity contribution in [3.05, 3.63) is 39.8 Å². The van der Waals surface area contributed by atoms with E-state index in [1.54, 1.807) is 11.3 Å². The van der Waals surface area contributed by atoms with Crippen LogP contribution in [0.15, 0.2) is 23.7 Å². The van der Waals surface area contributed by atoms with Gasteiger partial charge in [-0.15, -0.1) is 11.3 Å². The summed E-state index contributed by atoms with van der Waals surface area (Å²) in [5.74, 6) is 0. The van der Waals surface area contributed by atoms with Crippen molar-refractivity contribution in [2.45, 2.75) is 45.3 Å². The Balaban J connectivity index is 1.68. The van der Waals surface area contributed by atoms with E-state index in [0.717, 1.165) is 30.5 Å². The average molecular weight is 348 g/mol. The number of aliphatic hydroxyl groups excluding tert-OH is 1. The molecule has 0 saturated carbocycles. The van der Waals surface area contributed by atoms with Crippen molar-refractivity contribution in [1.82, 2.24) is 20.0 Å². The van der Waals surface area contributed by atoms with E-state index < -0.39 is 0 Å². The molecule has 0 radical (unpaired) electrons. The number of nitrogens with one attached hydrogen (secondary N) is 1. The Hall–Kier alpha value is -1.86. The van der Waals surface area contributed by atoms with Crippen LogP contribution in [-0.2, 0) is 19.5 Å². The number of nitrogens with zero attached hydrogens (tertiary/aromatic N) is 3. The van der Waals surface area contributed by atoms with E-state index in [1.807, 2.05) is 34.1 Å². The molecule has 2 aromatic rings. The second-order valence-electron chi connectivity index (χ2n) is 5.98. The minimum absolute atomic E-state index is 0.00563. The molecule has 1 unspecified atom stereocenters. The lowest BCUT2D eigenvalue weighted by molar-refractivity contribution is 0.193. The van der Waals surface area contributed by atoms with E-state index in [4.69, 9.17) is 5.11 Å². The zero-order chi connectivity index (χ0) is 16.9. The molecule has 2 amide bonds. The number of carbonyl (C=O) groups excluding carboxylic acids is 1. The van der Waals surface area contributed by atoms with Crippen molar-refractivity contribution in [2.75, 3.05) is 13.2 Å². The predicted octanol–water partition coefficient (Wildman–Crippen LogP) is 2.55. The minimum atomic E-state index is -0.0290. The second-order valence-corrected chi connectivity index (χ2v) is 7.01. The summed E-state index contributed by atoms with van der Waals surface area (Å²) in [5.41, 5.74) is 2.23. The normalized spacial score (nSPS) is 16.7. The molecule has 2 heterocycles. The summed E-state index contributed by atoms with van der Waals surface area (Å²) in [6, 6.07) is 4.04. The minimum Gasteiger partial charge on any atom is -0.394 e. The number of hydrogen-bond donors (Lipinski definition) is 2. The van der Waals surface area contributed by atoms with Crippen molar-refractivity contribution < 1.29 is 9.90 Å². The highest BCUT2D eigenvalue weighted by atomic mass is 32.1. The number of carbonyl (C=O) groups is 1. The van der Waals surface area contributed by atoms with E-state index in [9.17, 15) is 4.79 Å². The molecule has 0 saturated heterocycles. The third-order valence-electron chi connectivity index (χ3n) is 4.47. The lowest BCUT2D eigenvalue weighted by atomic mass is 9.93. The third kappa shape index (κ3) is 3.62. The Kier molecular flexibility index (Phi) is 5.52. The predicted molar refractivity (Wildman–Crippen MR) is 93.9 cm³/mol. The number of amides is 2. The van der Waals surface area contributed by atoms with Crippen LogP contribution < -0.4 is 5.32 Å². The van der Waals surface area contributed by atoms with Crippen LogP contribution in [0.3, 0.4) is 0 Å². The van der Waals surface area contributed by atoms with Crippen LogP contribution in [0.4, 0.5) is 4.79 Å². The number of fused-ring (bicyclic) bond motifs is 1. The van der Waals surface area contributed by atoms with Gasteiger partial charge in [-0.05, 0) is 37.6 Å². The fourth-order valence-corrected chi connectivity index (χ4v) is 3.93. The van der Waals surface area contributed by atoms with Crippen LogP contribution in [-0.4, -0.2) is 39.0 Å². The number of aliphatic hydroxyl groups is 1. The molecule has 6 nitrogen and oxygen atoms in total. The topological polar surface area (TPSA) is 70.4 Å². The average Bonchev–Trinajstić information content (AvgIpc) is 3.23. The second kappa shape index (κ2) is 7.81. The first-order valence-electron chi connectivity index (χ1n) is 8.46. The molecule has 1 aliphatic rings. The first-order chi connectivity index (χ1) is 11.7. The Morgan fingerprint density at radius 1 is 1.58 bits per heavy atom. The maximum Gasteiger partial charge on any atom is 0.318 e. The molecule has 24 heavy (non-hydrogen) atoms. The van der Waals surface area contributed by atoms with Gasteiger partial charge in [-0.25, -0.2) is 4.79 Å². The Labute approximate surface area is 146 Å². The van der Waals surface area contributed by atoms with Crippen LogP contribution >= 0.6 is 11.3 Å². The summed E-state index contributed by atoms with van der Waals surface area (Å²) in [6.07, 6.45) is 4.74. The molecule has 0 fully saturated rings. The van der Waals surface area contributed by atoms with E-state index in [2.05, 4.69) is 16.5 Å². The van der Waals surface area contributed by atoms with Crippen LogP contribution in [0.5, 0.6) is 0 Å². The molecule has 1 atom stereocenters. The molecule has 3 rings (SSSR count). The van der Waals surface area contributed by atoms with Gasteiger partial charge in [-0.3, -0.25) is 4.68 Å². The fraction of sp³-hybridized carbons (Fsp3) is 0.529. The molecule has 7 heteroatoms. The number of thiophene rings is 1. The van der Waals surface area contributed by atoms with Crippen molar-refractivity contribution in [3.8, 4) is 0 Å². The van der Waals surface area contributed by atoms with E-state index in [1.165, 1.54) is 4.88 Å². The number of hydrogen-bond acceptors (Lipinski definition) is 4. The van der Waals surface area contributed by atoms with Crippen molar-refractivity contribution in [3.63, 3.8) is 0 Å². The maximum absolute atomic E-state index is 12.7. The zero-order valence-electron chi connectivity index (χ0n) is 13.9. The fourth-order valence-electron chi connectivity index (χ4n) is 3.21. The monoisotopic (exact) mass is 348 g/mol. The summed E-state index contributed by atoms with van der Waals surface area (Å²) in [6.45, 7) is 3.90. The smallest absolute Gasteiger partial charge is 0.318 e. The molecule has 0 bridgehead atoms. The van der Waals surface area contributed by atoms with E-state index >= 15 is 0 Å². The highest BCUT2D eigenvalue weighted by molar-refractivity contribution is 7.09. The summed E-state index contributed by atoms with van der Waals surface area (Å²) < 4.78 is 1.86. The molecule has 2 aromatic heterocycles. The van der Waals surface area contributed by atoms with Crippen molar-refractivity contribution in [2.24, 2.45) is 0 Å². The van der Waals surface area contributed by atoms with Gasteiger partial charge >= 0.3 is 6.03 Å². The highest BCUT2D eigenvalue weighted by Crippen LogP contribution is 2.29. The molecule has 2 N–H and O–H groups in total. The van der Waals surface area contributed by atoms with Gasteiger partial charge in [0.05, 0.1) is 31.9 Å². The molecular weight excluding hydrogens is 324 g/mol. The van der Waals surface area contributed by atoms with Gasteiger partial charge in [0.1, 0.15) is 0 Å². The molecule has 1 aliphatic carbocycles.